The highest BCUT2D eigenvalue weighted by atomic mass is 32.2. The van der Waals surface area contributed by atoms with E-state index in [0.29, 0.717) is 64.3 Å². The van der Waals surface area contributed by atoms with Crippen LogP contribution in [0.4, 0.5) is 0 Å². The van der Waals surface area contributed by atoms with E-state index in [-0.39, 0.29) is 11.9 Å². The first-order chi connectivity index (χ1) is 24.4. The monoisotopic (exact) mass is 758 g/mol. The van der Waals surface area contributed by atoms with Crippen LogP contribution in [0.3, 0.4) is 0 Å². The molecule has 2 aromatic carbocycles. The number of carbonyl (C=O) groups excluding carboxylic acids is 2. The second-order valence-electron chi connectivity index (χ2n) is 13.4. The van der Waals surface area contributed by atoms with Gasteiger partial charge in [0, 0.05) is 36.2 Å². The van der Waals surface area contributed by atoms with E-state index < -0.39 is 5.60 Å². The van der Waals surface area contributed by atoms with Crippen LogP contribution >= 0.6 is 47.0 Å². The largest absolute Gasteiger partial charge is 0.466 e. The van der Waals surface area contributed by atoms with E-state index in [2.05, 4.69) is 98.0 Å². The van der Waals surface area contributed by atoms with E-state index in [9.17, 15) is 9.59 Å². The lowest BCUT2D eigenvalue weighted by atomic mass is 9.99. The third-order valence-electron chi connectivity index (χ3n) is 9.49. The first-order valence-electron chi connectivity index (χ1n) is 18.7. The number of benzene rings is 2. The summed E-state index contributed by atoms with van der Waals surface area (Å²) in [4.78, 5) is 25.1. The molecular formula is C41H58O5S4. The van der Waals surface area contributed by atoms with E-state index in [1.165, 1.54) is 35.5 Å². The third kappa shape index (κ3) is 15.2. The zero-order valence-electron chi connectivity index (χ0n) is 30.4. The Morgan fingerprint density at radius 2 is 1.32 bits per heavy atom. The predicted molar refractivity (Wildman–Crippen MR) is 217 cm³/mol. The Balaban J connectivity index is 1.04. The molecule has 2 saturated heterocycles. The molecule has 9 heteroatoms. The molecule has 0 bridgehead atoms. The van der Waals surface area contributed by atoms with E-state index in [1.807, 2.05) is 36.5 Å². The van der Waals surface area contributed by atoms with Gasteiger partial charge in [0.25, 0.3) is 0 Å². The average Bonchev–Trinajstić information content (AvgIpc) is 3.15. The van der Waals surface area contributed by atoms with Crippen molar-refractivity contribution in [2.75, 3.05) is 24.7 Å². The van der Waals surface area contributed by atoms with Gasteiger partial charge in [-0.25, -0.2) is 0 Å². The predicted octanol–water partition coefficient (Wildman–Crippen LogP) is 11.9. The first kappa shape index (κ1) is 41.2. The highest BCUT2D eigenvalue weighted by Gasteiger charge is 2.26. The van der Waals surface area contributed by atoms with Crippen LogP contribution in [0.25, 0.3) is 0 Å². The van der Waals surface area contributed by atoms with Gasteiger partial charge >= 0.3 is 11.9 Å². The minimum atomic E-state index is -0.416. The maximum atomic E-state index is 12.6. The zero-order chi connectivity index (χ0) is 35.4. The van der Waals surface area contributed by atoms with Crippen molar-refractivity contribution in [3.63, 3.8) is 0 Å². The van der Waals surface area contributed by atoms with Crippen molar-refractivity contribution in [1.29, 1.82) is 0 Å². The van der Waals surface area contributed by atoms with Gasteiger partial charge in [0.05, 0.1) is 28.0 Å². The number of thioether (sulfide) groups is 4. The summed E-state index contributed by atoms with van der Waals surface area (Å²) in [6.07, 6.45) is 13.5. The first-order valence-corrected chi connectivity index (χ1v) is 22.7. The SMILES string of the molecule is CC/C(=C/COC(C)(CC)CCOC(=O)CCCCC1CCSC(c2ccccc2)S1)OC(=O)CCCCC1CCSC(c2ccccc2)S1. The highest BCUT2D eigenvalue weighted by molar-refractivity contribution is 8.17. The van der Waals surface area contributed by atoms with E-state index in [4.69, 9.17) is 14.2 Å². The van der Waals surface area contributed by atoms with Gasteiger partial charge in [-0.3, -0.25) is 9.59 Å². The fraction of sp³-hybridized carbons (Fsp3) is 0.610. The second kappa shape index (κ2) is 23.2. The molecule has 5 nitrogen and oxygen atoms in total. The summed E-state index contributed by atoms with van der Waals surface area (Å²) >= 11 is 8.26. The molecule has 50 heavy (non-hydrogen) atoms. The maximum Gasteiger partial charge on any atom is 0.310 e. The van der Waals surface area contributed by atoms with Gasteiger partial charge in [-0.05, 0) is 80.6 Å². The molecule has 5 unspecified atom stereocenters. The molecule has 2 fully saturated rings. The fourth-order valence-electron chi connectivity index (χ4n) is 6.05. The standard InChI is InChI=1S/C41H58O5S4/c1-4-34(46-38(43)23-15-13-21-36-26-31-48-40(50-36)33-18-10-7-11-19-33)24-28-45-41(3,5-2)27-29-44-37(42)22-14-12-20-35-25-30-47-39(49-35)32-16-8-6-9-17-32/h6-11,16-19,24,35-36,39-40H,4-5,12-15,20-23,25-31H2,1-3H3/b34-24-. The minimum Gasteiger partial charge on any atom is -0.466 e. The van der Waals surface area contributed by atoms with E-state index in [1.54, 1.807) is 0 Å². The molecule has 276 valence electrons. The van der Waals surface area contributed by atoms with Gasteiger partial charge in [-0.1, -0.05) is 87.4 Å². The Hall–Kier alpha value is -1.52. The number of carbonyl (C=O) groups is 2. The molecule has 0 aromatic heterocycles. The van der Waals surface area contributed by atoms with Gasteiger partial charge in [0.2, 0.25) is 0 Å². The van der Waals surface area contributed by atoms with Crippen molar-refractivity contribution in [2.45, 2.75) is 130 Å². The number of rotatable bonds is 21. The van der Waals surface area contributed by atoms with Crippen LogP contribution < -0.4 is 0 Å². The number of allylic oxidation sites excluding steroid dienone is 1. The Morgan fingerprint density at radius 1 is 0.780 bits per heavy atom. The molecule has 2 heterocycles. The summed E-state index contributed by atoms with van der Waals surface area (Å²) in [5.74, 6) is 2.78. The van der Waals surface area contributed by atoms with Crippen LogP contribution in [0.1, 0.15) is 125 Å². The lowest BCUT2D eigenvalue weighted by Gasteiger charge is -2.29. The van der Waals surface area contributed by atoms with Crippen molar-refractivity contribution >= 4 is 59.0 Å². The van der Waals surface area contributed by atoms with Gasteiger partial charge < -0.3 is 14.2 Å². The minimum absolute atomic E-state index is 0.120. The van der Waals surface area contributed by atoms with Crippen LogP contribution in [0.15, 0.2) is 72.5 Å². The van der Waals surface area contributed by atoms with Crippen LogP contribution in [-0.2, 0) is 23.8 Å². The number of esters is 2. The summed E-state index contributed by atoms with van der Waals surface area (Å²) in [7, 11) is 0. The summed E-state index contributed by atoms with van der Waals surface area (Å²) in [5.41, 5.74) is 2.40. The van der Waals surface area contributed by atoms with Crippen LogP contribution in [0.2, 0.25) is 0 Å². The van der Waals surface area contributed by atoms with Gasteiger partial charge in [0.1, 0.15) is 5.76 Å². The lowest BCUT2D eigenvalue weighted by molar-refractivity contribution is -0.145. The Morgan fingerprint density at radius 3 is 1.84 bits per heavy atom. The normalized spacial score (nSPS) is 22.4. The summed E-state index contributed by atoms with van der Waals surface area (Å²) in [6.45, 7) is 6.84. The molecule has 0 aliphatic carbocycles. The van der Waals surface area contributed by atoms with Crippen molar-refractivity contribution in [2.24, 2.45) is 0 Å². The molecule has 0 radical (unpaired) electrons. The zero-order valence-corrected chi connectivity index (χ0v) is 33.6. The van der Waals surface area contributed by atoms with Crippen LogP contribution in [-0.4, -0.2) is 52.8 Å². The Labute approximate surface area is 319 Å². The second-order valence-corrected chi connectivity index (χ2v) is 19.2. The summed E-state index contributed by atoms with van der Waals surface area (Å²) in [6, 6.07) is 21.6. The maximum absolute atomic E-state index is 12.6. The van der Waals surface area contributed by atoms with Crippen molar-refractivity contribution in [3.05, 3.63) is 83.6 Å². The van der Waals surface area contributed by atoms with E-state index >= 15 is 0 Å². The molecule has 0 saturated carbocycles. The number of hydrogen-bond donors (Lipinski definition) is 0. The third-order valence-corrected chi connectivity index (χ3v) is 15.8. The number of unbranched alkanes of at least 4 members (excludes halogenated alkanes) is 2. The van der Waals surface area contributed by atoms with Crippen LogP contribution in [0, 0.1) is 0 Å². The molecular weight excluding hydrogens is 701 g/mol. The molecule has 4 rings (SSSR count). The van der Waals surface area contributed by atoms with Crippen molar-refractivity contribution in [1.82, 2.24) is 0 Å². The van der Waals surface area contributed by atoms with E-state index in [0.717, 1.165) is 44.9 Å². The molecule has 2 aliphatic rings. The van der Waals surface area contributed by atoms with Gasteiger partial charge in [0.15, 0.2) is 0 Å². The average molecular weight is 759 g/mol. The molecule has 0 N–H and O–H groups in total. The molecule has 5 atom stereocenters. The topological polar surface area (TPSA) is 61.8 Å². The smallest absolute Gasteiger partial charge is 0.310 e. The molecule has 2 aliphatic heterocycles. The lowest BCUT2D eigenvalue weighted by Crippen LogP contribution is -2.30. The van der Waals surface area contributed by atoms with Gasteiger partial charge in [-0.15, -0.1) is 47.0 Å². The fourth-order valence-corrected chi connectivity index (χ4v) is 12.9. The quantitative estimate of drug-likeness (QED) is 0.0703. The Bertz CT molecular complexity index is 1290. The molecule has 2 aromatic rings. The van der Waals surface area contributed by atoms with Crippen molar-refractivity contribution < 1.29 is 23.8 Å². The van der Waals surface area contributed by atoms with Crippen molar-refractivity contribution in [3.8, 4) is 0 Å². The number of ether oxygens (including phenoxy) is 3. The molecule has 0 spiro atoms. The van der Waals surface area contributed by atoms with Crippen LogP contribution in [0.5, 0.6) is 0 Å². The summed E-state index contributed by atoms with van der Waals surface area (Å²) in [5, 5.41) is 1.32. The summed E-state index contributed by atoms with van der Waals surface area (Å²) < 4.78 is 18.6. The number of hydrogen-bond acceptors (Lipinski definition) is 9. The molecule has 0 amide bonds. The van der Waals surface area contributed by atoms with Gasteiger partial charge in [-0.2, -0.15) is 0 Å². The highest BCUT2D eigenvalue weighted by Crippen LogP contribution is 2.49. The Kier molecular flexibility index (Phi) is 19.1.